The Bertz CT molecular complexity index is 2130. The van der Waals surface area contributed by atoms with E-state index >= 15 is 0 Å². The lowest BCUT2D eigenvalue weighted by atomic mass is 10.0. The zero-order valence-electron chi connectivity index (χ0n) is 32.6. The molecule has 1 saturated heterocycles. The average Bonchev–Trinajstić information content (AvgIpc) is 3.59. The van der Waals surface area contributed by atoms with Crippen molar-refractivity contribution in [2.45, 2.75) is 125 Å². The molecule has 59 heavy (non-hydrogen) atoms. The third-order valence-corrected chi connectivity index (χ3v) is 13.2. The molecule has 3 heterocycles. The van der Waals surface area contributed by atoms with Crippen molar-refractivity contribution < 1.29 is 51.0 Å². The predicted molar refractivity (Wildman–Crippen MR) is 209 cm³/mol. The summed E-state index contributed by atoms with van der Waals surface area (Å²) in [5.41, 5.74) is -0.787. The van der Waals surface area contributed by atoms with Crippen molar-refractivity contribution in [2.75, 3.05) is 11.9 Å². The molecule has 7 rings (SSSR count). The minimum Gasteiger partial charge on any atom is -0.446 e. The van der Waals surface area contributed by atoms with E-state index in [4.69, 9.17) is 9.47 Å². The van der Waals surface area contributed by atoms with Gasteiger partial charge in [-0.25, -0.2) is 27.1 Å². The van der Waals surface area contributed by atoms with Crippen LogP contribution in [0.2, 0.25) is 0 Å². The van der Waals surface area contributed by atoms with E-state index in [0.717, 1.165) is 25.7 Å². The van der Waals surface area contributed by atoms with Crippen molar-refractivity contribution >= 4 is 51.5 Å². The number of carbonyl (C=O) groups excluding carboxylic acids is 6. The summed E-state index contributed by atoms with van der Waals surface area (Å²) < 4.78 is 55.4. The van der Waals surface area contributed by atoms with Crippen LogP contribution in [0.3, 0.4) is 0 Å². The molecule has 5 aliphatic rings. The molecule has 3 fully saturated rings. The van der Waals surface area contributed by atoms with Crippen LogP contribution in [0.4, 0.5) is 19.7 Å². The summed E-state index contributed by atoms with van der Waals surface area (Å²) in [7, 11) is -4.58. The van der Waals surface area contributed by atoms with Crippen molar-refractivity contribution in [1.29, 1.82) is 0 Å². The Morgan fingerprint density at radius 3 is 2.44 bits per heavy atom. The van der Waals surface area contributed by atoms with Crippen LogP contribution in [0.5, 0.6) is 0 Å². The fourth-order valence-electron chi connectivity index (χ4n) is 8.52. The van der Waals surface area contributed by atoms with Crippen LogP contribution < -0.4 is 20.7 Å². The summed E-state index contributed by atoms with van der Waals surface area (Å²) in [6, 6.07) is 8.21. The van der Waals surface area contributed by atoms with Gasteiger partial charge in [-0.15, -0.1) is 6.58 Å². The Labute approximate surface area is 341 Å². The van der Waals surface area contributed by atoms with E-state index in [1.807, 2.05) is 0 Å². The zero-order valence-corrected chi connectivity index (χ0v) is 33.4. The standard InChI is InChI=1S/C41H49FN6O10S/c1-2-26-21-41(26)38(52)46-59(55,56)34-17-9-8-16-32(34)44-35(49)18-5-3-4-12-27(43-39(53)57-28-13-6-7-14-28)19-36(50)48-23-29(20-33(48)37(51)45-41)58-40(54)47-22-25-11-10-15-31(42)30(25)24-47/h2,8-11,15-17,26-29,33H,1,3-7,12-14,18-24H2,(H,43,53)(H,44,49)(H,45,51)(H,46,52)/t26-,27?,29+,33-,41-/m0/s1. The van der Waals surface area contributed by atoms with Gasteiger partial charge in [0.25, 0.3) is 15.9 Å². The van der Waals surface area contributed by atoms with E-state index in [2.05, 4.69) is 27.3 Å². The number of benzene rings is 2. The lowest BCUT2D eigenvalue weighted by Crippen LogP contribution is -2.56. The van der Waals surface area contributed by atoms with Gasteiger partial charge in [0, 0.05) is 43.3 Å². The largest absolute Gasteiger partial charge is 0.446 e. The van der Waals surface area contributed by atoms with Crippen molar-refractivity contribution in [2.24, 2.45) is 5.92 Å². The third-order valence-electron chi connectivity index (χ3n) is 11.8. The molecule has 4 N–H and O–H groups in total. The summed E-state index contributed by atoms with van der Waals surface area (Å²) in [5.74, 6) is -3.97. The quantitative estimate of drug-likeness (QED) is 0.324. The molecular weight excluding hydrogens is 788 g/mol. The first kappa shape index (κ1) is 41.6. The zero-order chi connectivity index (χ0) is 41.9. The van der Waals surface area contributed by atoms with Crippen LogP contribution in [0.1, 0.15) is 88.2 Å². The highest BCUT2D eigenvalue weighted by molar-refractivity contribution is 7.90. The van der Waals surface area contributed by atoms with Gasteiger partial charge in [0.1, 0.15) is 34.5 Å². The number of ether oxygens (including phenoxy) is 2. The molecule has 316 valence electrons. The van der Waals surface area contributed by atoms with Crippen LogP contribution in [-0.2, 0) is 51.8 Å². The highest BCUT2D eigenvalue weighted by Gasteiger charge is 2.61. The number of fused-ring (bicyclic) bond motifs is 3. The molecule has 2 aromatic carbocycles. The minimum absolute atomic E-state index is 0.00222. The number of carbonyl (C=O) groups is 6. The Hall–Kier alpha value is -5.52. The molecule has 2 saturated carbocycles. The van der Waals surface area contributed by atoms with Gasteiger partial charge in [0.15, 0.2) is 0 Å². The van der Waals surface area contributed by atoms with Crippen LogP contribution in [-0.4, -0.2) is 90.4 Å². The van der Waals surface area contributed by atoms with Gasteiger partial charge in [-0.2, -0.15) is 0 Å². The average molecular weight is 837 g/mol. The van der Waals surface area contributed by atoms with Gasteiger partial charge in [0.2, 0.25) is 17.7 Å². The molecule has 16 nitrogen and oxygen atoms in total. The van der Waals surface area contributed by atoms with Gasteiger partial charge in [-0.1, -0.05) is 43.2 Å². The van der Waals surface area contributed by atoms with Gasteiger partial charge in [-0.05, 0) is 68.7 Å². The molecule has 2 aliphatic carbocycles. The van der Waals surface area contributed by atoms with Crippen molar-refractivity contribution in [3.8, 4) is 0 Å². The Balaban J connectivity index is 1.15. The number of rotatable bonds is 4. The number of halogens is 1. The molecular formula is C41H49FN6O10S. The lowest BCUT2D eigenvalue weighted by Gasteiger charge is -2.28. The first-order valence-corrected chi connectivity index (χ1v) is 21.6. The van der Waals surface area contributed by atoms with E-state index in [1.165, 1.54) is 40.1 Å². The normalized spacial score (nSPS) is 27.7. The smallest absolute Gasteiger partial charge is 0.410 e. The van der Waals surface area contributed by atoms with Crippen molar-refractivity contribution in [3.05, 3.63) is 72.1 Å². The van der Waals surface area contributed by atoms with E-state index < -0.39 is 81.3 Å². The fourth-order valence-corrected chi connectivity index (χ4v) is 9.72. The predicted octanol–water partition coefficient (Wildman–Crippen LogP) is 4.14. The van der Waals surface area contributed by atoms with E-state index in [1.54, 1.807) is 18.2 Å². The van der Waals surface area contributed by atoms with Crippen LogP contribution in [0, 0.1) is 11.7 Å². The number of anilines is 1. The van der Waals surface area contributed by atoms with E-state index in [0.29, 0.717) is 36.8 Å². The summed E-state index contributed by atoms with van der Waals surface area (Å²) in [4.78, 5) is 84.1. The second kappa shape index (κ2) is 17.4. The maximum Gasteiger partial charge on any atom is 0.410 e. The second-order valence-electron chi connectivity index (χ2n) is 16.0. The summed E-state index contributed by atoms with van der Waals surface area (Å²) in [5, 5.41) is 8.16. The first-order valence-electron chi connectivity index (χ1n) is 20.2. The summed E-state index contributed by atoms with van der Waals surface area (Å²) in [6.45, 7) is 3.62. The molecule has 0 aromatic heterocycles. The number of nitrogens with zero attached hydrogens (tertiary/aromatic N) is 2. The Morgan fingerprint density at radius 1 is 0.932 bits per heavy atom. The molecule has 3 aliphatic heterocycles. The van der Waals surface area contributed by atoms with E-state index in [9.17, 15) is 41.6 Å². The third kappa shape index (κ3) is 9.37. The fraction of sp³-hybridized carbons (Fsp3) is 0.512. The number of nitrogens with one attached hydrogen (secondary N) is 4. The minimum atomic E-state index is -4.58. The van der Waals surface area contributed by atoms with Gasteiger partial charge in [0.05, 0.1) is 18.8 Å². The molecule has 18 heteroatoms. The lowest BCUT2D eigenvalue weighted by molar-refractivity contribution is -0.140. The molecule has 1 spiro atoms. The molecule has 0 bridgehead atoms. The molecule has 0 radical (unpaired) electrons. The van der Waals surface area contributed by atoms with Crippen molar-refractivity contribution in [3.63, 3.8) is 0 Å². The molecule has 5 atom stereocenters. The van der Waals surface area contributed by atoms with E-state index in [-0.39, 0.29) is 62.0 Å². The number of alkyl carbamates (subject to hydrolysis) is 1. The molecule has 2 aromatic rings. The first-order chi connectivity index (χ1) is 28.3. The van der Waals surface area contributed by atoms with Gasteiger partial charge < -0.3 is 30.3 Å². The Kier molecular flexibility index (Phi) is 12.3. The highest BCUT2D eigenvalue weighted by Crippen LogP contribution is 2.45. The highest BCUT2D eigenvalue weighted by atomic mass is 32.2. The maximum absolute atomic E-state index is 14.5. The maximum atomic E-state index is 14.5. The van der Waals surface area contributed by atoms with Crippen LogP contribution in [0.15, 0.2) is 60.0 Å². The SMILES string of the molecule is C=C[C@H]1C[C@]12NC(=O)[C@@H]1C[C@@H](OC(=O)N3Cc4cccc(F)c4C3)CN1C(=O)CC(NC(=O)OC1CCCC1)CCCCCC(=O)Nc1ccccc1S(=O)(=O)NC2=O. The number of hydrogen-bond acceptors (Lipinski definition) is 10. The second-order valence-corrected chi connectivity index (χ2v) is 17.6. The van der Waals surface area contributed by atoms with Crippen molar-refractivity contribution in [1.82, 2.24) is 25.2 Å². The summed E-state index contributed by atoms with van der Waals surface area (Å²) in [6.07, 6.45) is 3.52. The monoisotopic (exact) mass is 836 g/mol. The van der Waals surface area contributed by atoms with Crippen LogP contribution in [0.25, 0.3) is 0 Å². The number of sulfonamides is 1. The van der Waals surface area contributed by atoms with Gasteiger partial charge in [-0.3, -0.25) is 24.1 Å². The number of hydrogen-bond donors (Lipinski definition) is 4. The molecule has 1 unspecified atom stereocenters. The molecule has 6 amide bonds. The topological polar surface area (TPSA) is 210 Å². The number of para-hydroxylation sites is 1. The van der Waals surface area contributed by atoms with Gasteiger partial charge >= 0.3 is 12.2 Å². The van der Waals surface area contributed by atoms with Crippen LogP contribution >= 0.6 is 0 Å². The Morgan fingerprint density at radius 2 is 1.69 bits per heavy atom. The summed E-state index contributed by atoms with van der Waals surface area (Å²) >= 11 is 0. The number of amides is 6.